The highest BCUT2D eigenvalue weighted by Gasteiger charge is 2.01. The van der Waals surface area contributed by atoms with E-state index in [1.54, 1.807) is 13.0 Å². The van der Waals surface area contributed by atoms with Crippen molar-refractivity contribution in [3.8, 4) is 6.07 Å². The third-order valence-corrected chi connectivity index (χ3v) is 1.70. The third-order valence-electron chi connectivity index (χ3n) is 1.50. The van der Waals surface area contributed by atoms with Gasteiger partial charge in [0.15, 0.2) is 0 Å². The smallest absolute Gasteiger partial charge is 0.132 e. The van der Waals surface area contributed by atoms with E-state index < -0.39 is 6.10 Å². The molecule has 1 atom stereocenters. The summed E-state index contributed by atoms with van der Waals surface area (Å²) in [7, 11) is 0. The van der Waals surface area contributed by atoms with Gasteiger partial charge in [-0.3, -0.25) is 0 Å². The zero-order valence-corrected chi connectivity index (χ0v) is 8.41. The highest BCUT2D eigenvalue weighted by Crippen LogP contribution is 2.13. The molecule has 4 nitrogen and oxygen atoms in total. The summed E-state index contributed by atoms with van der Waals surface area (Å²) in [5.41, 5.74) is 0.443. The average molecular weight is 212 g/mol. The van der Waals surface area contributed by atoms with Crippen LogP contribution in [0.4, 0.5) is 5.82 Å². The maximum absolute atomic E-state index is 9.02. The zero-order valence-electron chi connectivity index (χ0n) is 7.66. The first kappa shape index (κ1) is 10.8. The van der Waals surface area contributed by atoms with E-state index in [0.717, 1.165) is 0 Å². The van der Waals surface area contributed by atoms with Gasteiger partial charge in [-0.25, -0.2) is 4.98 Å². The molecule has 0 radical (unpaired) electrons. The van der Waals surface area contributed by atoms with Crippen molar-refractivity contribution >= 4 is 17.4 Å². The average Bonchev–Trinajstić information content (AvgIpc) is 2.14. The first-order valence-corrected chi connectivity index (χ1v) is 4.49. The van der Waals surface area contributed by atoms with Crippen LogP contribution in [0.25, 0.3) is 0 Å². The number of aliphatic hydroxyl groups excluding tert-OH is 1. The third kappa shape index (κ3) is 3.21. The molecule has 2 N–H and O–H groups in total. The van der Waals surface area contributed by atoms with E-state index in [9.17, 15) is 0 Å². The summed E-state index contributed by atoms with van der Waals surface area (Å²) >= 11 is 5.68. The minimum Gasteiger partial charge on any atom is -0.392 e. The van der Waals surface area contributed by atoms with Crippen molar-refractivity contribution < 1.29 is 5.11 Å². The van der Waals surface area contributed by atoms with Gasteiger partial charge in [0.05, 0.1) is 17.7 Å². The Hall–Kier alpha value is -1.31. The van der Waals surface area contributed by atoms with Gasteiger partial charge in [0.1, 0.15) is 11.0 Å². The predicted molar refractivity (Wildman–Crippen MR) is 54.1 cm³/mol. The topological polar surface area (TPSA) is 68.9 Å². The maximum atomic E-state index is 9.02. The Bertz CT molecular complexity index is 360. The van der Waals surface area contributed by atoms with Gasteiger partial charge in [0.25, 0.3) is 0 Å². The van der Waals surface area contributed by atoms with Crippen LogP contribution in [0.3, 0.4) is 0 Å². The van der Waals surface area contributed by atoms with Gasteiger partial charge in [-0.15, -0.1) is 0 Å². The summed E-state index contributed by atoms with van der Waals surface area (Å²) in [5.74, 6) is 0.495. The number of anilines is 1. The van der Waals surface area contributed by atoms with Crippen LogP contribution in [0.5, 0.6) is 0 Å². The molecule has 0 bridgehead atoms. The van der Waals surface area contributed by atoms with Gasteiger partial charge in [-0.1, -0.05) is 11.6 Å². The molecule has 0 aliphatic rings. The van der Waals surface area contributed by atoms with Crippen LogP contribution < -0.4 is 5.32 Å². The fourth-order valence-corrected chi connectivity index (χ4v) is 1.11. The Morgan fingerprint density at radius 2 is 2.43 bits per heavy atom. The highest BCUT2D eigenvalue weighted by atomic mass is 35.5. The van der Waals surface area contributed by atoms with Gasteiger partial charge >= 0.3 is 0 Å². The van der Waals surface area contributed by atoms with Crippen LogP contribution in [0.15, 0.2) is 12.1 Å². The summed E-state index contributed by atoms with van der Waals surface area (Å²) in [6.07, 6.45) is -0.471. The molecule has 0 saturated carbocycles. The lowest BCUT2D eigenvalue weighted by Gasteiger charge is -2.07. The molecule has 1 aromatic rings. The second kappa shape index (κ2) is 4.80. The molecule has 0 fully saturated rings. The van der Waals surface area contributed by atoms with Crippen LogP contribution in [-0.4, -0.2) is 22.7 Å². The number of aromatic nitrogens is 1. The van der Waals surface area contributed by atoms with E-state index in [-0.39, 0.29) is 5.15 Å². The minimum absolute atomic E-state index is 0.261. The van der Waals surface area contributed by atoms with Crippen molar-refractivity contribution in [1.82, 2.24) is 4.98 Å². The monoisotopic (exact) mass is 211 g/mol. The predicted octanol–water partition coefficient (Wildman–Crippen LogP) is 1.40. The first-order valence-electron chi connectivity index (χ1n) is 4.11. The number of nitrogens with zero attached hydrogens (tertiary/aromatic N) is 2. The van der Waals surface area contributed by atoms with Crippen molar-refractivity contribution in [2.75, 3.05) is 11.9 Å². The minimum atomic E-state index is -0.471. The van der Waals surface area contributed by atoms with Crippen molar-refractivity contribution in [2.24, 2.45) is 0 Å². The van der Waals surface area contributed by atoms with Crippen LogP contribution >= 0.6 is 11.6 Å². The summed E-state index contributed by atoms with van der Waals surface area (Å²) in [5, 5.41) is 20.8. The molecule has 0 aromatic carbocycles. The van der Waals surface area contributed by atoms with Crippen LogP contribution in [0.1, 0.15) is 12.5 Å². The molecule has 0 spiro atoms. The highest BCUT2D eigenvalue weighted by molar-refractivity contribution is 6.29. The van der Waals surface area contributed by atoms with Gasteiger partial charge in [-0.05, 0) is 19.1 Å². The molecule has 1 heterocycles. The van der Waals surface area contributed by atoms with E-state index in [0.29, 0.717) is 17.9 Å². The van der Waals surface area contributed by atoms with Gasteiger partial charge in [0, 0.05) is 6.54 Å². The van der Waals surface area contributed by atoms with E-state index in [1.165, 1.54) is 6.07 Å². The largest absolute Gasteiger partial charge is 0.392 e. The molecule has 14 heavy (non-hydrogen) atoms. The quantitative estimate of drug-likeness (QED) is 0.742. The van der Waals surface area contributed by atoms with Gasteiger partial charge in [0.2, 0.25) is 0 Å². The Morgan fingerprint density at radius 3 is 3.00 bits per heavy atom. The Kier molecular flexibility index (Phi) is 3.69. The Morgan fingerprint density at radius 1 is 1.71 bits per heavy atom. The number of rotatable bonds is 3. The first-order chi connectivity index (χ1) is 6.61. The molecule has 0 saturated heterocycles. The van der Waals surface area contributed by atoms with Crippen molar-refractivity contribution in [2.45, 2.75) is 13.0 Å². The lowest BCUT2D eigenvalue weighted by molar-refractivity contribution is 0.208. The van der Waals surface area contributed by atoms with E-state index in [2.05, 4.69) is 10.3 Å². The molecule has 1 unspecified atom stereocenters. The fraction of sp³-hybridized carbons (Fsp3) is 0.333. The summed E-state index contributed by atoms with van der Waals surface area (Å²) < 4.78 is 0. The molecule has 74 valence electrons. The molecule has 0 amide bonds. The fourth-order valence-electron chi connectivity index (χ4n) is 0.904. The Labute approximate surface area is 87.2 Å². The molecule has 0 aliphatic carbocycles. The Balaban J connectivity index is 2.78. The normalized spacial score (nSPS) is 11.9. The van der Waals surface area contributed by atoms with E-state index in [4.69, 9.17) is 22.0 Å². The van der Waals surface area contributed by atoms with Crippen LogP contribution in [-0.2, 0) is 0 Å². The maximum Gasteiger partial charge on any atom is 0.132 e. The van der Waals surface area contributed by atoms with Crippen molar-refractivity contribution in [1.29, 1.82) is 5.26 Å². The standard InChI is InChI=1S/C9H10ClN3O/c1-6(14)5-12-9-3-7(4-11)2-8(10)13-9/h2-3,6,14H,5H2,1H3,(H,12,13). The number of halogens is 1. The van der Waals surface area contributed by atoms with Crippen LogP contribution in [0, 0.1) is 11.3 Å². The number of hydrogen-bond donors (Lipinski definition) is 2. The molecular formula is C9H10ClN3O. The molecular weight excluding hydrogens is 202 g/mol. The number of hydrogen-bond acceptors (Lipinski definition) is 4. The SMILES string of the molecule is CC(O)CNc1cc(C#N)cc(Cl)n1. The van der Waals surface area contributed by atoms with E-state index >= 15 is 0 Å². The molecule has 0 aliphatic heterocycles. The van der Waals surface area contributed by atoms with Gasteiger partial charge < -0.3 is 10.4 Å². The molecule has 1 aromatic heterocycles. The second-order valence-electron chi connectivity index (χ2n) is 2.91. The lowest BCUT2D eigenvalue weighted by atomic mass is 10.3. The zero-order chi connectivity index (χ0) is 10.6. The van der Waals surface area contributed by atoms with Crippen molar-refractivity contribution in [3.63, 3.8) is 0 Å². The van der Waals surface area contributed by atoms with Gasteiger partial charge in [-0.2, -0.15) is 5.26 Å². The molecule has 5 heteroatoms. The number of pyridine rings is 1. The van der Waals surface area contributed by atoms with E-state index in [1.807, 2.05) is 6.07 Å². The number of nitriles is 1. The summed E-state index contributed by atoms with van der Waals surface area (Å²) in [4.78, 5) is 3.95. The van der Waals surface area contributed by atoms with Crippen molar-refractivity contribution in [3.05, 3.63) is 22.8 Å². The summed E-state index contributed by atoms with van der Waals surface area (Å²) in [6, 6.07) is 5.03. The number of nitrogens with one attached hydrogen (secondary N) is 1. The lowest BCUT2D eigenvalue weighted by Crippen LogP contribution is -2.16. The van der Waals surface area contributed by atoms with Crippen LogP contribution in [0.2, 0.25) is 5.15 Å². The summed E-state index contributed by atoms with van der Waals surface area (Å²) in [6.45, 7) is 2.03. The molecule has 1 rings (SSSR count). The number of aliphatic hydroxyl groups is 1. The second-order valence-corrected chi connectivity index (χ2v) is 3.29.